The zero-order valence-corrected chi connectivity index (χ0v) is 12.8. The van der Waals surface area contributed by atoms with Crippen molar-refractivity contribution in [1.29, 1.82) is 0 Å². The molecule has 1 aliphatic rings. The Morgan fingerprint density at radius 2 is 2.00 bits per heavy atom. The number of hydrogen-bond acceptors (Lipinski definition) is 2. The Hall–Kier alpha value is -0.770. The number of guanidine groups is 1. The minimum atomic E-state index is -0.528. The van der Waals surface area contributed by atoms with Crippen LogP contribution in [-0.4, -0.2) is 36.3 Å². The van der Waals surface area contributed by atoms with Crippen LogP contribution in [0.25, 0.3) is 0 Å². The van der Waals surface area contributed by atoms with Crippen LogP contribution < -0.4 is 10.6 Å². The quantitative estimate of drug-likeness (QED) is 0.360. The average Bonchev–Trinajstić information content (AvgIpc) is 2.32. The summed E-state index contributed by atoms with van der Waals surface area (Å²) in [5.41, 5.74) is -0.528. The molecule has 0 aromatic rings. The number of aliphatic hydroxyl groups is 1. The van der Waals surface area contributed by atoms with Crippen LogP contribution in [0.2, 0.25) is 0 Å². The van der Waals surface area contributed by atoms with Crippen LogP contribution in [0, 0.1) is 5.92 Å². The van der Waals surface area contributed by atoms with Gasteiger partial charge in [0.25, 0.3) is 0 Å². The highest BCUT2D eigenvalue weighted by atomic mass is 16.3. The SMILES string of the molecule is CCNC(=NCC1(O)CCC1)NCCCCC(C)C. The summed E-state index contributed by atoms with van der Waals surface area (Å²) in [6, 6.07) is 0. The highest BCUT2D eigenvalue weighted by Crippen LogP contribution is 2.31. The standard InChI is InChI=1S/C15H31N3O/c1-4-16-14(17-11-6-5-8-13(2)3)18-12-15(19)9-7-10-15/h13,19H,4-12H2,1-3H3,(H2,16,17,18). The Labute approximate surface area is 118 Å². The van der Waals surface area contributed by atoms with E-state index in [4.69, 9.17) is 0 Å². The molecule has 0 aromatic heterocycles. The smallest absolute Gasteiger partial charge is 0.191 e. The first-order chi connectivity index (χ1) is 9.06. The van der Waals surface area contributed by atoms with Crippen molar-refractivity contribution in [3.8, 4) is 0 Å². The molecule has 1 saturated carbocycles. The maximum Gasteiger partial charge on any atom is 0.191 e. The lowest BCUT2D eigenvalue weighted by Gasteiger charge is -2.35. The molecule has 1 fully saturated rings. The summed E-state index contributed by atoms with van der Waals surface area (Å²) >= 11 is 0. The first-order valence-corrected chi connectivity index (χ1v) is 7.80. The van der Waals surface area contributed by atoms with E-state index in [2.05, 4.69) is 36.4 Å². The molecule has 4 nitrogen and oxygen atoms in total. The van der Waals surface area contributed by atoms with Crippen molar-refractivity contribution < 1.29 is 5.11 Å². The van der Waals surface area contributed by atoms with Crippen molar-refractivity contribution in [1.82, 2.24) is 10.6 Å². The summed E-state index contributed by atoms with van der Waals surface area (Å²) in [5, 5.41) is 16.6. The van der Waals surface area contributed by atoms with Crippen molar-refractivity contribution >= 4 is 5.96 Å². The third-order valence-corrected chi connectivity index (χ3v) is 3.66. The zero-order chi connectivity index (χ0) is 14.1. The van der Waals surface area contributed by atoms with Gasteiger partial charge in [-0.3, -0.25) is 4.99 Å². The minimum Gasteiger partial charge on any atom is -0.388 e. The Kier molecular flexibility index (Phi) is 7.21. The molecule has 0 saturated heterocycles. The Balaban J connectivity index is 2.21. The van der Waals surface area contributed by atoms with Gasteiger partial charge < -0.3 is 15.7 Å². The van der Waals surface area contributed by atoms with Gasteiger partial charge in [-0.05, 0) is 38.5 Å². The molecule has 0 aliphatic heterocycles. The first-order valence-electron chi connectivity index (χ1n) is 7.80. The summed E-state index contributed by atoms with van der Waals surface area (Å²) in [7, 11) is 0. The summed E-state index contributed by atoms with van der Waals surface area (Å²) in [5.74, 6) is 1.63. The fraction of sp³-hybridized carbons (Fsp3) is 0.933. The van der Waals surface area contributed by atoms with E-state index in [1.165, 1.54) is 19.3 Å². The van der Waals surface area contributed by atoms with E-state index in [9.17, 15) is 5.11 Å². The highest BCUT2D eigenvalue weighted by Gasteiger charge is 2.34. The largest absolute Gasteiger partial charge is 0.388 e. The van der Waals surface area contributed by atoms with Crippen molar-refractivity contribution in [2.24, 2.45) is 10.9 Å². The predicted molar refractivity (Wildman–Crippen MR) is 81.5 cm³/mol. The van der Waals surface area contributed by atoms with Crippen molar-refractivity contribution in [2.45, 2.75) is 64.9 Å². The van der Waals surface area contributed by atoms with Gasteiger partial charge in [0.15, 0.2) is 5.96 Å². The van der Waals surface area contributed by atoms with E-state index in [1.807, 2.05) is 0 Å². The normalized spacial score (nSPS) is 18.3. The fourth-order valence-electron chi connectivity index (χ4n) is 2.20. The number of aliphatic imine (C=N–C) groups is 1. The molecule has 0 aromatic carbocycles. The number of nitrogens with one attached hydrogen (secondary N) is 2. The van der Waals surface area contributed by atoms with Crippen LogP contribution in [0.3, 0.4) is 0 Å². The van der Waals surface area contributed by atoms with Gasteiger partial charge in [-0.1, -0.05) is 26.7 Å². The maximum atomic E-state index is 10.0. The molecule has 0 atom stereocenters. The summed E-state index contributed by atoms with van der Waals surface area (Å²) in [6.07, 6.45) is 6.63. The lowest BCUT2D eigenvalue weighted by molar-refractivity contribution is -0.0236. The lowest BCUT2D eigenvalue weighted by atomic mass is 9.80. The third kappa shape index (κ3) is 6.81. The molecular weight excluding hydrogens is 238 g/mol. The van der Waals surface area contributed by atoms with E-state index < -0.39 is 5.60 Å². The molecule has 0 bridgehead atoms. The van der Waals surface area contributed by atoms with Crippen LogP contribution in [0.15, 0.2) is 4.99 Å². The van der Waals surface area contributed by atoms with Gasteiger partial charge in [-0.25, -0.2) is 0 Å². The van der Waals surface area contributed by atoms with Gasteiger partial charge in [-0.15, -0.1) is 0 Å². The summed E-state index contributed by atoms with van der Waals surface area (Å²) in [4.78, 5) is 4.48. The summed E-state index contributed by atoms with van der Waals surface area (Å²) < 4.78 is 0. The topological polar surface area (TPSA) is 56.7 Å². The molecule has 3 N–H and O–H groups in total. The Morgan fingerprint density at radius 3 is 2.53 bits per heavy atom. The molecule has 19 heavy (non-hydrogen) atoms. The minimum absolute atomic E-state index is 0.522. The number of unbranched alkanes of at least 4 members (excludes halogenated alkanes) is 1. The molecule has 4 heteroatoms. The Morgan fingerprint density at radius 1 is 1.26 bits per heavy atom. The lowest BCUT2D eigenvalue weighted by Crippen LogP contribution is -2.43. The molecule has 0 heterocycles. The van der Waals surface area contributed by atoms with Crippen LogP contribution in [0.5, 0.6) is 0 Å². The second-order valence-electron chi connectivity index (χ2n) is 6.09. The first kappa shape index (κ1) is 16.3. The second-order valence-corrected chi connectivity index (χ2v) is 6.09. The van der Waals surface area contributed by atoms with Crippen LogP contribution in [0.4, 0.5) is 0 Å². The van der Waals surface area contributed by atoms with Gasteiger partial charge in [0.2, 0.25) is 0 Å². The second kappa shape index (κ2) is 8.41. The van der Waals surface area contributed by atoms with Gasteiger partial charge in [0.1, 0.15) is 0 Å². The van der Waals surface area contributed by atoms with Crippen LogP contribution in [-0.2, 0) is 0 Å². The monoisotopic (exact) mass is 269 g/mol. The predicted octanol–water partition coefficient (Wildman–Crippen LogP) is 2.28. The maximum absolute atomic E-state index is 10.0. The Bertz CT molecular complexity index is 273. The average molecular weight is 269 g/mol. The fourth-order valence-corrected chi connectivity index (χ4v) is 2.20. The van der Waals surface area contributed by atoms with Gasteiger partial charge >= 0.3 is 0 Å². The van der Waals surface area contributed by atoms with Crippen molar-refractivity contribution in [2.75, 3.05) is 19.6 Å². The van der Waals surface area contributed by atoms with Gasteiger partial charge in [0, 0.05) is 13.1 Å². The zero-order valence-electron chi connectivity index (χ0n) is 12.8. The molecule has 0 spiro atoms. The molecule has 1 rings (SSSR count). The van der Waals surface area contributed by atoms with E-state index in [1.54, 1.807) is 0 Å². The van der Waals surface area contributed by atoms with E-state index >= 15 is 0 Å². The van der Waals surface area contributed by atoms with E-state index in [0.717, 1.165) is 44.2 Å². The molecule has 1 aliphatic carbocycles. The van der Waals surface area contributed by atoms with Gasteiger partial charge in [0.05, 0.1) is 12.1 Å². The van der Waals surface area contributed by atoms with Crippen LogP contribution >= 0.6 is 0 Å². The third-order valence-electron chi connectivity index (χ3n) is 3.66. The molecule has 112 valence electrons. The summed E-state index contributed by atoms with van der Waals surface area (Å²) in [6.45, 7) is 8.92. The van der Waals surface area contributed by atoms with E-state index in [0.29, 0.717) is 6.54 Å². The molecular formula is C15H31N3O. The van der Waals surface area contributed by atoms with E-state index in [-0.39, 0.29) is 0 Å². The van der Waals surface area contributed by atoms with Crippen molar-refractivity contribution in [3.05, 3.63) is 0 Å². The molecule has 0 amide bonds. The highest BCUT2D eigenvalue weighted by molar-refractivity contribution is 5.79. The van der Waals surface area contributed by atoms with Crippen LogP contribution in [0.1, 0.15) is 59.3 Å². The van der Waals surface area contributed by atoms with Crippen molar-refractivity contribution in [3.63, 3.8) is 0 Å². The number of rotatable bonds is 8. The number of hydrogen-bond donors (Lipinski definition) is 3. The number of nitrogens with zero attached hydrogens (tertiary/aromatic N) is 1. The molecule has 0 unspecified atom stereocenters. The van der Waals surface area contributed by atoms with Gasteiger partial charge in [-0.2, -0.15) is 0 Å². The molecule has 0 radical (unpaired) electrons.